The number of nitrogens with zero attached hydrogens (tertiary/aromatic N) is 3. The van der Waals surface area contributed by atoms with E-state index < -0.39 is 0 Å². The Balaban J connectivity index is 1.83. The van der Waals surface area contributed by atoms with Gasteiger partial charge in [0.25, 0.3) is 0 Å². The van der Waals surface area contributed by atoms with Gasteiger partial charge in [-0.3, -0.25) is 9.20 Å². The molecule has 0 aliphatic heterocycles. The van der Waals surface area contributed by atoms with Gasteiger partial charge in [-0.2, -0.15) is 0 Å². The molecule has 0 spiro atoms. The molecule has 0 aliphatic rings. The van der Waals surface area contributed by atoms with E-state index in [0.29, 0.717) is 5.75 Å². The molecule has 132 valence electrons. The van der Waals surface area contributed by atoms with E-state index in [1.165, 1.54) is 11.8 Å². The highest BCUT2D eigenvalue weighted by atomic mass is 32.2. The molecular weight excluding hydrogens is 344 g/mol. The van der Waals surface area contributed by atoms with Crippen LogP contribution in [0.5, 0.6) is 0 Å². The number of carbonyl (C=O) groups excluding carboxylic acids is 1. The average Bonchev–Trinajstić information content (AvgIpc) is 2.98. The van der Waals surface area contributed by atoms with Crippen molar-refractivity contribution in [2.45, 2.75) is 31.5 Å². The molecule has 0 bridgehead atoms. The van der Waals surface area contributed by atoms with E-state index in [1.807, 2.05) is 73.7 Å². The predicted molar refractivity (Wildman–Crippen MR) is 107 cm³/mol. The van der Waals surface area contributed by atoms with E-state index in [-0.39, 0.29) is 11.4 Å². The summed E-state index contributed by atoms with van der Waals surface area (Å²) in [6, 6.07) is 16.0. The fraction of sp³-hybridized carbons (Fsp3) is 0.250. The Morgan fingerprint density at radius 1 is 1.04 bits per heavy atom. The fourth-order valence-corrected chi connectivity index (χ4v) is 3.80. The molecule has 0 unspecified atom stereocenters. The quantitative estimate of drug-likeness (QED) is 0.440. The topological polar surface area (TPSA) is 59.3 Å². The molecule has 4 aromatic rings. The number of para-hydroxylation sites is 3. The van der Waals surface area contributed by atoms with Crippen molar-refractivity contribution in [2.75, 3.05) is 5.75 Å². The SMILES string of the molecule is CC(C)(C)NC(=O)CSc1nc2ccccc2c2nc3ccccc3n12. The number of amides is 1. The van der Waals surface area contributed by atoms with Crippen LogP contribution in [0.4, 0.5) is 0 Å². The lowest BCUT2D eigenvalue weighted by molar-refractivity contribution is -0.119. The third kappa shape index (κ3) is 3.12. The molecule has 0 fully saturated rings. The summed E-state index contributed by atoms with van der Waals surface area (Å²) in [6.07, 6.45) is 0. The summed E-state index contributed by atoms with van der Waals surface area (Å²) in [5, 5.41) is 4.77. The van der Waals surface area contributed by atoms with Crippen LogP contribution in [0.2, 0.25) is 0 Å². The monoisotopic (exact) mass is 364 g/mol. The number of benzene rings is 2. The van der Waals surface area contributed by atoms with Crippen molar-refractivity contribution in [1.29, 1.82) is 0 Å². The van der Waals surface area contributed by atoms with Gasteiger partial charge < -0.3 is 5.32 Å². The van der Waals surface area contributed by atoms with E-state index in [1.54, 1.807) is 0 Å². The number of aromatic nitrogens is 3. The number of hydrogen-bond acceptors (Lipinski definition) is 4. The smallest absolute Gasteiger partial charge is 0.230 e. The summed E-state index contributed by atoms with van der Waals surface area (Å²) >= 11 is 1.43. The van der Waals surface area contributed by atoms with Crippen molar-refractivity contribution in [3.63, 3.8) is 0 Å². The van der Waals surface area contributed by atoms with Gasteiger partial charge in [-0.05, 0) is 45.0 Å². The summed E-state index contributed by atoms with van der Waals surface area (Å²) in [7, 11) is 0. The molecule has 5 nitrogen and oxygen atoms in total. The van der Waals surface area contributed by atoms with Crippen molar-refractivity contribution in [2.24, 2.45) is 0 Å². The van der Waals surface area contributed by atoms with Crippen molar-refractivity contribution >= 4 is 45.3 Å². The normalized spacial score (nSPS) is 12.1. The van der Waals surface area contributed by atoms with Gasteiger partial charge >= 0.3 is 0 Å². The van der Waals surface area contributed by atoms with Crippen molar-refractivity contribution in [3.8, 4) is 0 Å². The Morgan fingerprint density at radius 2 is 1.73 bits per heavy atom. The van der Waals surface area contributed by atoms with Crippen LogP contribution in [0.3, 0.4) is 0 Å². The molecule has 2 heterocycles. The summed E-state index contributed by atoms with van der Waals surface area (Å²) < 4.78 is 2.05. The second kappa shape index (κ2) is 6.29. The Bertz CT molecular complexity index is 1130. The zero-order chi connectivity index (χ0) is 18.3. The van der Waals surface area contributed by atoms with Crippen LogP contribution in [-0.2, 0) is 4.79 Å². The van der Waals surface area contributed by atoms with Crippen LogP contribution in [0.15, 0.2) is 53.7 Å². The van der Waals surface area contributed by atoms with Crippen LogP contribution in [-0.4, -0.2) is 31.6 Å². The number of fused-ring (bicyclic) bond motifs is 5. The van der Waals surface area contributed by atoms with E-state index in [4.69, 9.17) is 9.97 Å². The second-order valence-corrected chi connectivity index (χ2v) is 8.20. The zero-order valence-corrected chi connectivity index (χ0v) is 15.8. The standard InChI is InChI=1S/C20H20N4OS/c1-20(2,3)23-17(25)12-26-19-22-14-9-5-4-8-13(14)18-21-15-10-6-7-11-16(15)24(18)19/h4-11H,12H2,1-3H3,(H,23,25). The van der Waals surface area contributed by atoms with E-state index in [0.717, 1.165) is 32.7 Å². The molecule has 6 heteroatoms. The lowest BCUT2D eigenvalue weighted by atomic mass is 10.1. The van der Waals surface area contributed by atoms with E-state index in [2.05, 4.69) is 5.32 Å². The molecule has 0 radical (unpaired) electrons. The minimum Gasteiger partial charge on any atom is -0.351 e. The Hall–Kier alpha value is -2.60. The molecule has 2 aromatic heterocycles. The number of nitrogens with one attached hydrogen (secondary N) is 1. The highest BCUT2D eigenvalue weighted by Gasteiger charge is 2.17. The molecular formula is C20H20N4OS. The number of rotatable bonds is 3. The third-order valence-corrected chi connectivity index (χ3v) is 4.90. The first-order valence-electron chi connectivity index (χ1n) is 8.52. The van der Waals surface area contributed by atoms with Crippen LogP contribution in [0.25, 0.3) is 27.6 Å². The maximum atomic E-state index is 12.2. The molecule has 26 heavy (non-hydrogen) atoms. The van der Waals surface area contributed by atoms with Gasteiger partial charge in [-0.25, -0.2) is 9.97 Å². The Kier molecular flexibility index (Phi) is 4.07. The summed E-state index contributed by atoms with van der Waals surface area (Å²) in [5.41, 5.74) is 3.43. The molecule has 0 saturated carbocycles. The van der Waals surface area contributed by atoms with Crippen molar-refractivity contribution in [3.05, 3.63) is 48.5 Å². The molecule has 0 aliphatic carbocycles. The molecule has 0 saturated heterocycles. The lowest BCUT2D eigenvalue weighted by Crippen LogP contribution is -2.41. The molecule has 1 N–H and O–H groups in total. The van der Waals surface area contributed by atoms with E-state index in [9.17, 15) is 4.79 Å². The van der Waals surface area contributed by atoms with Gasteiger partial charge in [0.05, 0.1) is 22.3 Å². The van der Waals surface area contributed by atoms with Gasteiger partial charge in [-0.1, -0.05) is 36.0 Å². The molecule has 1 amide bonds. The summed E-state index contributed by atoms with van der Waals surface area (Å²) in [4.78, 5) is 21.8. The highest BCUT2D eigenvalue weighted by molar-refractivity contribution is 7.99. The predicted octanol–water partition coefficient (Wildman–Crippen LogP) is 4.04. The van der Waals surface area contributed by atoms with Crippen LogP contribution in [0, 0.1) is 0 Å². The highest BCUT2D eigenvalue weighted by Crippen LogP contribution is 2.28. The summed E-state index contributed by atoms with van der Waals surface area (Å²) in [6.45, 7) is 5.93. The number of imidazole rings is 1. The first-order valence-corrected chi connectivity index (χ1v) is 9.51. The zero-order valence-electron chi connectivity index (χ0n) is 15.0. The fourth-order valence-electron chi connectivity index (χ4n) is 2.99. The third-order valence-electron chi connectivity index (χ3n) is 3.96. The maximum absolute atomic E-state index is 12.2. The lowest BCUT2D eigenvalue weighted by Gasteiger charge is -2.20. The Labute approximate surface area is 155 Å². The van der Waals surface area contributed by atoms with Crippen LogP contribution in [0.1, 0.15) is 20.8 Å². The van der Waals surface area contributed by atoms with Gasteiger partial charge in [0.15, 0.2) is 5.16 Å². The largest absolute Gasteiger partial charge is 0.351 e. The van der Waals surface area contributed by atoms with Gasteiger partial charge in [0.1, 0.15) is 5.65 Å². The minimum absolute atomic E-state index is 0.00460. The van der Waals surface area contributed by atoms with Crippen LogP contribution < -0.4 is 5.32 Å². The molecule has 2 aromatic carbocycles. The molecule has 4 rings (SSSR count). The van der Waals surface area contributed by atoms with Crippen LogP contribution >= 0.6 is 11.8 Å². The molecule has 0 atom stereocenters. The summed E-state index contributed by atoms with van der Waals surface area (Å²) in [5.74, 6) is 0.305. The average molecular weight is 364 g/mol. The maximum Gasteiger partial charge on any atom is 0.230 e. The number of hydrogen-bond donors (Lipinski definition) is 1. The minimum atomic E-state index is -0.245. The number of carbonyl (C=O) groups is 1. The van der Waals surface area contributed by atoms with Gasteiger partial charge in [0.2, 0.25) is 5.91 Å². The Morgan fingerprint density at radius 3 is 2.50 bits per heavy atom. The van der Waals surface area contributed by atoms with E-state index >= 15 is 0 Å². The first kappa shape index (κ1) is 16.8. The first-order chi connectivity index (χ1) is 12.4. The van der Waals surface area contributed by atoms with Crippen molar-refractivity contribution < 1.29 is 4.79 Å². The van der Waals surface area contributed by atoms with Gasteiger partial charge in [-0.15, -0.1) is 0 Å². The van der Waals surface area contributed by atoms with Crippen molar-refractivity contribution in [1.82, 2.24) is 19.7 Å². The second-order valence-electron chi connectivity index (χ2n) is 7.26. The van der Waals surface area contributed by atoms with Gasteiger partial charge in [0, 0.05) is 10.9 Å². The number of thioether (sulfide) groups is 1.